The lowest BCUT2D eigenvalue weighted by atomic mass is 10.1. The fraction of sp³-hybridized carbons (Fsp3) is 0.529. The van der Waals surface area contributed by atoms with Crippen molar-refractivity contribution in [1.29, 1.82) is 0 Å². The third-order valence-electron chi connectivity index (χ3n) is 4.43. The number of carbonyl (C=O) groups is 1. The highest BCUT2D eigenvalue weighted by atomic mass is 16.5. The van der Waals surface area contributed by atoms with Crippen molar-refractivity contribution in [3.8, 4) is 5.75 Å². The molecule has 0 aliphatic carbocycles. The molecule has 1 N–H and O–H groups in total. The van der Waals surface area contributed by atoms with E-state index in [4.69, 9.17) is 4.74 Å². The van der Waals surface area contributed by atoms with Gasteiger partial charge in [-0.15, -0.1) is 0 Å². The minimum atomic E-state index is -0.210. The molecule has 0 saturated heterocycles. The van der Waals surface area contributed by atoms with E-state index < -0.39 is 0 Å². The Morgan fingerprint density at radius 3 is 3.04 bits per heavy atom. The van der Waals surface area contributed by atoms with Crippen LogP contribution >= 0.6 is 0 Å². The molecule has 2 aromatic heterocycles. The molecule has 0 radical (unpaired) electrons. The molecule has 0 aromatic carbocycles. The van der Waals surface area contributed by atoms with Crippen molar-refractivity contribution in [2.24, 2.45) is 0 Å². The Balaban J connectivity index is 1.68. The molecule has 3 heterocycles. The smallest absolute Gasteiger partial charge is 0.345 e. The summed E-state index contributed by atoms with van der Waals surface area (Å²) in [7, 11) is 1.53. The number of aromatic nitrogens is 4. The van der Waals surface area contributed by atoms with Gasteiger partial charge in [0.25, 0.3) is 5.91 Å². The van der Waals surface area contributed by atoms with Gasteiger partial charge in [0.2, 0.25) is 0 Å². The number of pyridine rings is 1. The van der Waals surface area contributed by atoms with Crippen molar-refractivity contribution >= 4 is 5.91 Å². The first-order valence-corrected chi connectivity index (χ1v) is 8.59. The number of amides is 1. The summed E-state index contributed by atoms with van der Waals surface area (Å²) in [6.45, 7) is 3.22. The first-order valence-electron chi connectivity index (χ1n) is 8.59. The number of rotatable bonds is 5. The van der Waals surface area contributed by atoms with Crippen LogP contribution in [0.2, 0.25) is 0 Å². The zero-order valence-corrected chi connectivity index (χ0v) is 14.6. The normalized spacial score (nSPS) is 16.8. The molecule has 1 atom stereocenters. The van der Waals surface area contributed by atoms with Gasteiger partial charge in [0.1, 0.15) is 11.6 Å². The Kier molecular flexibility index (Phi) is 5.16. The summed E-state index contributed by atoms with van der Waals surface area (Å²) in [5, 5.41) is 7.45. The van der Waals surface area contributed by atoms with E-state index in [1.807, 2.05) is 6.92 Å². The van der Waals surface area contributed by atoms with Crippen molar-refractivity contribution in [3.63, 3.8) is 0 Å². The van der Waals surface area contributed by atoms with E-state index in [0.717, 1.165) is 18.7 Å². The molecule has 2 aromatic rings. The predicted molar refractivity (Wildman–Crippen MR) is 91.8 cm³/mol. The Labute approximate surface area is 145 Å². The lowest BCUT2D eigenvalue weighted by Crippen LogP contribution is -2.36. The number of nitrogens with one attached hydrogen (secondary N) is 1. The standard InChI is InChI=1S/C17H23N5O3/c1-3-9-22-17(24)21-10-7-12(4-5-15(21)20-22)19-16(23)13-11-18-8-6-14(13)25-2/h6,8,11-12H,3-5,7,9-10H2,1-2H3,(H,19,23). The van der Waals surface area contributed by atoms with Crippen LogP contribution in [0.5, 0.6) is 5.75 Å². The van der Waals surface area contributed by atoms with Gasteiger partial charge in [0.15, 0.2) is 0 Å². The molecule has 134 valence electrons. The highest BCUT2D eigenvalue weighted by Gasteiger charge is 2.23. The quantitative estimate of drug-likeness (QED) is 0.873. The van der Waals surface area contributed by atoms with E-state index in [0.29, 0.717) is 37.2 Å². The summed E-state index contributed by atoms with van der Waals surface area (Å²) in [5.41, 5.74) is 0.357. The molecular formula is C17H23N5O3. The van der Waals surface area contributed by atoms with Crippen molar-refractivity contribution < 1.29 is 9.53 Å². The van der Waals surface area contributed by atoms with Crippen molar-refractivity contribution in [2.45, 2.75) is 51.7 Å². The Hall–Kier alpha value is -2.64. The number of carbonyl (C=O) groups excluding carboxylic acids is 1. The second kappa shape index (κ2) is 7.50. The van der Waals surface area contributed by atoms with Crippen LogP contribution in [0.4, 0.5) is 0 Å². The van der Waals surface area contributed by atoms with Crippen LogP contribution < -0.4 is 15.7 Å². The van der Waals surface area contributed by atoms with Gasteiger partial charge in [0.05, 0.1) is 12.7 Å². The number of hydrogen-bond donors (Lipinski definition) is 1. The predicted octanol–water partition coefficient (Wildman–Crippen LogP) is 0.993. The molecule has 0 fully saturated rings. The third-order valence-corrected chi connectivity index (χ3v) is 4.43. The molecule has 1 aliphatic heterocycles. The number of methoxy groups -OCH3 is 1. The van der Waals surface area contributed by atoms with Gasteiger partial charge in [-0.25, -0.2) is 9.48 Å². The molecule has 8 nitrogen and oxygen atoms in total. The highest BCUT2D eigenvalue weighted by Crippen LogP contribution is 2.17. The molecule has 0 bridgehead atoms. The number of nitrogens with zero attached hydrogens (tertiary/aromatic N) is 4. The van der Waals surface area contributed by atoms with Crippen molar-refractivity contribution in [2.75, 3.05) is 7.11 Å². The van der Waals surface area contributed by atoms with Crippen molar-refractivity contribution in [3.05, 3.63) is 40.3 Å². The summed E-state index contributed by atoms with van der Waals surface area (Å²) in [5.74, 6) is 1.09. The largest absolute Gasteiger partial charge is 0.496 e. The molecular weight excluding hydrogens is 322 g/mol. The molecule has 25 heavy (non-hydrogen) atoms. The van der Waals surface area contributed by atoms with Crippen LogP contribution in [0.1, 0.15) is 42.4 Å². The number of hydrogen-bond acceptors (Lipinski definition) is 5. The summed E-state index contributed by atoms with van der Waals surface area (Å²) >= 11 is 0. The fourth-order valence-electron chi connectivity index (χ4n) is 3.12. The third kappa shape index (κ3) is 3.57. The number of ether oxygens (including phenoxy) is 1. The zero-order chi connectivity index (χ0) is 17.8. The first-order chi connectivity index (χ1) is 12.1. The Morgan fingerprint density at radius 1 is 1.44 bits per heavy atom. The second-order valence-corrected chi connectivity index (χ2v) is 6.15. The Morgan fingerprint density at radius 2 is 2.28 bits per heavy atom. The van der Waals surface area contributed by atoms with Crippen molar-refractivity contribution in [1.82, 2.24) is 24.6 Å². The van der Waals surface area contributed by atoms with Crippen LogP contribution in [0.25, 0.3) is 0 Å². The Bertz CT molecular complexity index is 811. The molecule has 8 heteroatoms. The van der Waals surface area contributed by atoms with Crippen LogP contribution in [-0.2, 0) is 19.5 Å². The van der Waals surface area contributed by atoms with Crippen LogP contribution in [0, 0.1) is 0 Å². The topological polar surface area (TPSA) is 91.0 Å². The monoisotopic (exact) mass is 345 g/mol. The van der Waals surface area contributed by atoms with Gasteiger partial charge < -0.3 is 10.1 Å². The summed E-state index contributed by atoms with van der Waals surface area (Å²) in [6.07, 6.45) is 6.07. The number of aryl methyl sites for hydroxylation is 2. The van der Waals surface area contributed by atoms with Gasteiger partial charge in [-0.1, -0.05) is 6.92 Å². The van der Waals surface area contributed by atoms with E-state index in [9.17, 15) is 9.59 Å². The van der Waals surface area contributed by atoms with E-state index >= 15 is 0 Å². The molecule has 1 aliphatic rings. The maximum atomic E-state index is 12.5. The minimum Gasteiger partial charge on any atom is -0.496 e. The first kappa shape index (κ1) is 17.2. The average Bonchev–Trinajstić information content (AvgIpc) is 2.79. The lowest BCUT2D eigenvalue weighted by Gasteiger charge is -2.17. The summed E-state index contributed by atoms with van der Waals surface area (Å²) in [6, 6.07) is 1.64. The maximum absolute atomic E-state index is 12.5. The zero-order valence-electron chi connectivity index (χ0n) is 14.6. The summed E-state index contributed by atoms with van der Waals surface area (Å²) < 4.78 is 8.48. The summed E-state index contributed by atoms with van der Waals surface area (Å²) in [4.78, 5) is 28.8. The minimum absolute atomic E-state index is 0.0156. The van der Waals surface area contributed by atoms with Crippen LogP contribution in [0.15, 0.2) is 23.3 Å². The van der Waals surface area contributed by atoms with Crippen LogP contribution in [0.3, 0.4) is 0 Å². The number of fused-ring (bicyclic) bond motifs is 1. The van der Waals surface area contributed by atoms with E-state index in [1.54, 1.807) is 16.8 Å². The second-order valence-electron chi connectivity index (χ2n) is 6.15. The van der Waals surface area contributed by atoms with Gasteiger partial charge >= 0.3 is 5.69 Å². The molecule has 1 unspecified atom stereocenters. The van der Waals surface area contributed by atoms with Gasteiger partial charge in [-0.05, 0) is 25.3 Å². The maximum Gasteiger partial charge on any atom is 0.345 e. The fourth-order valence-corrected chi connectivity index (χ4v) is 3.12. The highest BCUT2D eigenvalue weighted by molar-refractivity contribution is 5.96. The molecule has 0 spiro atoms. The van der Waals surface area contributed by atoms with Gasteiger partial charge in [-0.3, -0.25) is 14.3 Å². The van der Waals surface area contributed by atoms with E-state index in [-0.39, 0.29) is 17.6 Å². The van der Waals surface area contributed by atoms with Crippen LogP contribution in [-0.4, -0.2) is 38.4 Å². The van der Waals surface area contributed by atoms with Gasteiger partial charge in [-0.2, -0.15) is 5.10 Å². The molecule has 1 amide bonds. The molecule has 0 saturated carbocycles. The van der Waals surface area contributed by atoms with Gasteiger partial charge in [0, 0.05) is 37.9 Å². The SMILES string of the molecule is CCCn1nc2n(c1=O)CCC(NC(=O)c1cnccc1OC)CC2. The van der Waals surface area contributed by atoms with E-state index in [1.165, 1.54) is 18.0 Å². The molecule has 3 rings (SSSR count). The average molecular weight is 345 g/mol. The van der Waals surface area contributed by atoms with E-state index in [2.05, 4.69) is 15.4 Å². The lowest BCUT2D eigenvalue weighted by molar-refractivity contribution is 0.0929.